The second kappa shape index (κ2) is 12.1. The van der Waals surface area contributed by atoms with Gasteiger partial charge in [-0.3, -0.25) is 0 Å². The zero-order valence-electron chi connectivity index (χ0n) is 27.4. The predicted molar refractivity (Wildman–Crippen MR) is 213 cm³/mol. The molecule has 0 N–H and O–H groups in total. The Hall–Kier alpha value is -6.56. The van der Waals surface area contributed by atoms with E-state index in [4.69, 9.17) is 19.9 Å². The van der Waals surface area contributed by atoms with Gasteiger partial charge in [-0.2, -0.15) is 0 Å². The molecule has 3 heterocycles. The van der Waals surface area contributed by atoms with E-state index in [-0.39, 0.29) is 0 Å². The molecule has 0 aliphatic carbocycles. The fraction of sp³-hybridized carbons (Fsp3) is 0. The highest BCUT2D eigenvalue weighted by atomic mass is 32.1. The third-order valence-corrected chi connectivity index (χ3v) is 10.7. The molecule has 0 fully saturated rings. The number of fused-ring (bicyclic) bond motifs is 7. The molecule has 4 nitrogen and oxygen atoms in total. The van der Waals surface area contributed by atoms with Crippen LogP contribution in [0.2, 0.25) is 0 Å². The van der Waals surface area contributed by atoms with Gasteiger partial charge in [0.2, 0.25) is 0 Å². The highest BCUT2D eigenvalue weighted by molar-refractivity contribution is 7.26. The van der Waals surface area contributed by atoms with E-state index in [1.54, 1.807) is 0 Å². The number of hydrogen-bond acceptors (Lipinski definition) is 5. The lowest BCUT2D eigenvalue weighted by atomic mass is 9.96. The summed E-state index contributed by atoms with van der Waals surface area (Å²) in [6.07, 6.45) is 0. The van der Waals surface area contributed by atoms with Crippen LogP contribution in [0.5, 0.6) is 0 Å². The van der Waals surface area contributed by atoms with Gasteiger partial charge in [0.05, 0.1) is 11.2 Å². The predicted octanol–water partition coefficient (Wildman–Crippen LogP) is 12.3. The Morgan fingerprint density at radius 2 is 0.824 bits per heavy atom. The SMILES string of the molecule is c1ccc(-c2ccc(-c3nc(-c4ccccc4)nc(-c4ccc5sc6ccc7c(-c8ccccc8)nc8ccccc8c7c6c5c4)n3)cc2)cc1. The number of hydrogen-bond donors (Lipinski definition) is 0. The van der Waals surface area contributed by atoms with E-state index >= 15 is 0 Å². The van der Waals surface area contributed by atoms with Gasteiger partial charge < -0.3 is 0 Å². The van der Waals surface area contributed by atoms with Crippen molar-refractivity contribution in [1.82, 2.24) is 19.9 Å². The molecule has 0 saturated heterocycles. The Kier molecular flexibility index (Phi) is 6.96. The van der Waals surface area contributed by atoms with E-state index in [2.05, 4.69) is 133 Å². The van der Waals surface area contributed by atoms with E-state index in [1.165, 1.54) is 31.1 Å². The first kappa shape index (κ1) is 29.4. The third kappa shape index (κ3) is 5.14. The molecule has 238 valence electrons. The maximum absolute atomic E-state index is 5.19. The van der Waals surface area contributed by atoms with Gasteiger partial charge in [0.15, 0.2) is 17.5 Å². The van der Waals surface area contributed by atoms with Gasteiger partial charge in [0, 0.05) is 58.6 Å². The van der Waals surface area contributed by atoms with Crippen molar-refractivity contribution in [2.45, 2.75) is 0 Å². The lowest BCUT2D eigenvalue weighted by Gasteiger charge is -2.12. The van der Waals surface area contributed by atoms with Crippen LogP contribution in [0.15, 0.2) is 170 Å². The van der Waals surface area contributed by atoms with Crippen LogP contribution in [-0.4, -0.2) is 19.9 Å². The second-order valence-electron chi connectivity index (χ2n) is 12.6. The van der Waals surface area contributed by atoms with E-state index in [0.717, 1.165) is 49.8 Å². The number of aromatic nitrogens is 4. The first-order valence-electron chi connectivity index (χ1n) is 17.0. The molecule has 0 aliphatic heterocycles. The summed E-state index contributed by atoms with van der Waals surface area (Å²) in [5, 5.41) is 5.93. The first-order valence-corrected chi connectivity index (χ1v) is 17.8. The molecular weight excluding hydrogens is 641 g/mol. The molecule has 0 unspecified atom stereocenters. The molecule has 0 amide bonds. The fourth-order valence-corrected chi connectivity index (χ4v) is 8.15. The Bertz CT molecular complexity index is 2890. The molecular formula is C46H28N4S. The second-order valence-corrected chi connectivity index (χ2v) is 13.7. The standard InChI is InChI=1S/C46H28N4S/c1-4-12-29(13-5-1)30-20-22-33(23-21-30)45-48-44(32-16-8-3-9-17-32)49-46(50-45)34-24-26-39-37(28-34)42-40(51-39)27-25-36-41(42)35-18-10-11-19-38(35)47-43(36)31-14-6-2-7-15-31/h1-28H. The van der Waals surface area contributed by atoms with E-state index < -0.39 is 0 Å². The normalized spacial score (nSPS) is 11.5. The molecule has 5 heteroatoms. The van der Waals surface area contributed by atoms with Gasteiger partial charge >= 0.3 is 0 Å². The number of benzene rings is 7. The summed E-state index contributed by atoms with van der Waals surface area (Å²) in [4.78, 5) is 20.4. The van der Waals surface area contributed by atoms with Crippen LogP contribution < -0.4 is 0 Å². The Morgan fingerprint density at radius 3 is 1.53 bits per heavy atom. The number of rotatable bonds is 5. The van der Waals surface area contributed by atoms with Crippen LogP contribution >= 0.6 is 11.3 Å². The minimum absolute atomic E-state index is 0.642. The quantitative estimate of drug-likeness (QED) is 0.171. The van der Waals surface area contributed by atoms with Crippen molar-refractivity contribution in [3.63, 3.8) is 0 Å². The minimum atomic E-state index is 0.642. The van der Waals surface area contributed by atoms with Crippen molar-refractivity contribution in [2.24, 2.45) is 0 Å². The smallest absolute Gasteiger partial charge is 0.164 e. The van der Waals surface area contributed by atoms with Crippen molar-refractivity contribution >= 4 is 53.2 Å². The van der Waals surface area contributed by atoms with Crippen molar-refractivity contribution in [3.05, 3.63) is 170 Å². The average molecular weight is 669 g/mol. The summed E-state index contributed by atoms with van der Waals surface area (Å²) in [5.74, 6) is 1.93. The number of pyridine rings is 1. The lowest BCUT2D eigenvalue weighted by Crippen LogP contribution is -2.00. The molecule has 51 heavy (non-hydrogen) atoms. The van der Waals surface area contributed by atoms with E-state index in [9.17, 15) is 0 Å². The summed E-state index contributed by atoms with van der Waals surface area (Å²) >= 11 is 1.82. The number of thiophene rings is 1. The maximum Gasteiger partial charge on any atom is 0.164 e. The molecule has 0 atom stereocenters. The first-order chi connectivity index (χ1) is 25.3. The van der Waals surface area contributed by atoms with Crippen LogP contribution in [-0.2, 0) is 0 Å². The van der Waals surface area contributed by atoms with Gasteiger partial charge in [-0.1, -0.05) is 140 Å². The van der Waals surface area contributed by atoms with Gasteiger partial charge in [0.25, 0.3) is 0 Å². The topological polar surface area (TPSA) is 51.6 Å². The summed E-state index contributed by atoms with van der Waals surface area (Å²) in [6, 6.07) is 59.1. The summed E-state index contributed by atoms with van der Waals surface area (Å²) < 4.78 is 2.46. The van der Waals surface area contributed by atoms with Crippen LogP contribution in [0.1, 0.15) is 0 Å². The average Bonchev–Trinajstić information content (AvgIpc) is 3.59. The van der Waals surface area contributed by atoms with Gasteiger partial charge in [-0.15, -0.1) is 11.3 Å². The lowest BCUT2D eigenvalue weighted by molar-refractivity contribution is 1.07. The molecule has 0 aliphatic rings. The van der Waals surface area contributed by atoms with Crippen LogP contribution in [0, 0.1) is 0 Å². The fourth-order valence-electron chi connectivity index (χ4n) is 7.06. The summed E-state index contributed by atoms with van der Waals surface area (Å²) in [5.41, 5.74) is 8.25. The molecule has 0 saturated carbocycles. The van der Waals surface area contributed by atoms with Crippen molar-refractivity contribution in [2.75, 3.05) is 0 Å². The monoisotopic (exact) mass is 668 g/mol. The van der Waals surface area contributed by atoms with Crippen LogP contribution in [0.3, 0.4) is 0 Å². The Morgan fingerprint density at radius 1 is 0.314 bits per heavy atom. The maximum atomic E-state index is 5.19. The number of nitrogens with zero attached hydrogens (tertiary/aromatic N) is 4. The zero-order chi connectivity index (χ0) is 33.7. The minimum Gasteiger partial charge on any atom is -0.247 e. The molecule has 0 radical (unpaired) electrons. The van der Waals surface area contributed by atoms with Gasteiger partial charge in [0.1, 0.15) is 0 Å². The molecule has 10 aromatic rings. The van der Waals surface area contributed by atoms with Crippen molar-refractivity contribution in [1.29, 1.82) is 0 Å². The highest BCUT2D eigenvalue weighted by Crippen LogP contribution is 2.44. The Labute approximate surface area is 298 Å². The van der Waals surface area contributed by atoms with Crippen molar-refractivity contribution < 1.29 is 0 Å². The Balaban J connectivity index is 1.19. The van der Waals surface area contributed by atoms with E-state index in [1.807, 2.05) is 47.7 Å². The molecule has 3 aromatic heterocycles. The number of para-hydroxylation sites is 1. The highest BCUT2D eigenvalue weighted by Gasteiger charge is 2.18. The largest absolute Gasteiger partial charge is 0.247 e. The molecule has 7 aromatic carbocycles. The van der Waals surface area contributed by atoms with E-state index in [0.29, 0.717) is 17.5 Å². The molecule has 10 rings (SSSR count). The van der Waals surface area contributed by atoms with Gasteiger partial charge in [-0.25, -0.2) is 19.9 Å². The molecule has 0 spiro atoms. The zero-order valence-corrected chi connectivity index (χ0v) is 28.2. The summed E-state index contributed by atoms with van der Waals surface area (Å²) in [7, 11) is 0. The van der Waals surface area contributed by atoms with Crippen molar-refractivity contribution in [3.8, 4) is 56.5 Å². The molecule has 0 bridgehead atoms. The summed E-state index contributed by atoms with van der Waals surface area (Å²) in [6.45, 7) is 0. The van der Waals surface area contributed by atoms with Crippen LogP contribution in [0.4, 0.5) is 0 Å². The third-order valence-electron chi connectivity index (χ3n) is 9.52. The van der Waals surface area contributed by atoms with Crippen LogP contribution in [0.25, 0.3) is 98.4 Å². The van der Waals surface area contributed by atoms with Gasteiger partial charge in [-0.05, 0) is 41.5 Å².